The molecule has 4 aromatic rings. The van der Waals surface area contributed by atoms with Crippen LogP contribution in [0.25, 0.3) is 22.3 Å². The second kappa shape index (κ2) is 12.1. The molecule has 0 amide bonds. The van der Waals surface area contributed by atoms with Crippen LogP contribution in [0, 0.1) is 5.82 Å². The SMILES string of the molecule is CN1CCN(C2CCC(n3nc(-c4ccc(NS(=O)(=O)c5ccccc5OC(F)(F)F)c(F)c4)c4c(N)ncnc43)CC2)CC1. The summed E-state index contributed by atoms with van der Waals surface area (Å²) in [5, 5.41) is 5.26. The number of hydrogen-bond donors (Lipinski definition) is 2. The summed E-state index contributed by atoms with van der Waals surface area (Å²) in [5.41, 5.74) is 6.93. The van der Waals surface area contributed by atoms with Gasteiger partial charge in [0.1, 0.15) is 34.3 Å². The monoisotopic (exact) mass is 648 g/mol. The smallest absolute Gasteiger partial charge is 0.404 e. The summed E-state index contributed by atoms with van der Waals surface area (Å²) in [6.07, 6.45) is 0.00442. The lowest BCUT2D eigenvalue weighted by Crippen LogP contribution is -2.49. The van der Waals surface area contributed by atoms with Crippen LogP contribution in [0.2, 0.25) is 0 Å². The van der Waals surface area contributed by atoms with Gasteiger partial charge in [0.2, 0.25) is 0 Å². The van der Waals surface area contributed by atoms with Gasteiger partial charge in [0.05, 0.1) is 17.1 Å². The summed E-state index contributed by atoms with van der Waals surface area (Å²) in [6.45, 7) is 4.21. The van der Waals surface area contributed by atoms with E-state index in [2.05, 4.69) is 31.6 Å². The zero-order chi connectivity index (χ0) is 31.9. The van der Waals surface area contributed by atoms with Gasteiger partial charge in [0.15, 0.2) is 5.65 Å². The number of alkyl halides is 3. The molecule has 6 rings (SSSR count). The van der Waals surface area contributed by atoms with Gasteiger partial charge in [-0.15, -0.1) is 13.2 Å². The van der Waals surface area contributed by atoms with Crippen LogP contribution in [-0.2, 0) is 10.0 Å². The number of likely N-dealkylation sites (N-methyl/N-ethyl adjacent to an activating group) is 1. The molecule has 3 N–H and O–H groups in total. The Bertz CT molecular complexity index is 1800. The summed E-state index contributed by atoms with van der Waals surface area (Å²) in [7, 11) is -2.53. The van der Waals surface area contributed by atoms with Gasteiger partial charge in [-0.1, -0.05) is 18.2 Å². The Morgan fingerprint density at radius 1 is 0.978 bits per heavy atom. The Balaban J connectivity index is 1.26. The van der Waals surface area contributed by atoms with Crippen molar-refractivity contribution in [2.45, 2.75) is 49.0 Å². The van der Waals surface area contributed by atoms with E-state index < -0.39 is 38.5 Å². The Labute approximate surface area is 257 Å². The van der Waals surface area contributed by atoms with E-state index in [1.54, 1.807) is 0 Å². The Hall–Kier alpha value is -4.02. The van der Waals surface area contributed by atoms with Gasteiger partial charge in [-0.3, -0.25) is 9.62 Å². The summed E-state index contributed by atoms with van der Waals surface area (Å²) >= 11 is 0. The van der Waals surface area contributed by atoms with Crippen molar-refractivity contribution in [2.24, 2.45) is 0 Å². The Kier molecular flexibility index (Phi) is 8.30. The molecule has 2 aromatic heterocycles. The van der Waals surface area contributed by atoms with Gasteiger partial charge in [-0.2, -0.15) is 5.10 Å². The number of piperazine rings is 1. The van der Waals surface area contributed by atoms with Crippen molar-refractivity contribution in [2.75, 3.05) is 43.7 Å². The molecule has 3 heterocycles. The highest BCUT2D eigenvalue weighted by molar-refractivity contribution is 7.92. The number of nitrogens with zero attached hydrogens (tertiary/aromatic N) is 6. The van der Waals surface area contributed by atoms with E-state index in [0.29, 0.717) is 28.3 Å². The van der Waals surface area contributed by atoms with Gasteiger partial charge in [-0.05, 0) is 57.0 Å². The number of hydrogen-bond acceptors (Lipinski definition) is 9. The number of halogens is 4. The number of anilines is 2. The van der Waals surface area contributed by atoms with Crippen LogP contribution >= 0.6 is 0 Å². The Morgan fingerprint density at radius 2 is 1.67 bits per heavy atom. The molecular weight excluding hydrogens is 616 g/mol. The minimum Gasteiger partial charge on any atom is -0.404 e. The lowest BCUT2D eigenvalue weighted by atomic mass is 9.90. The third kappa shape index (κ3) is 6.53. The maximum Gasteiger partial charge on any atom is 0.573 e. The molecule has 1 saturated heterocycles. The van der Waals surface area contributed by atoms with Crippen molar-refractivity contribution in [3.05, 3.63) is 54.6 Å². The summed E-state index contributed by atoms with van der Waals surface area (Å²) < 4.78 is 87.6. The fourth-order valence-corrected chi connectivity index (χ4v) is 7.33. The molecule has 45 heavy (non-hydrogen) atoms. The van der Waals surface area contributed by atoms with Gasteiger partial charge in [0.25, 0.3) is 10.0 Å². The lowest BCUT2D eigenvalue weighted by Gasteiger charge is -2.41. The number of para-hydroxylation sites is 1. The molecule has 240 valence electrons. The highest BCUT2D eigenvalue weighted by atomic mass is 32.2. The van der Waals surface area contributed by atoms with Crippen LogP contribution < -0.4 is 15.2 Å². The average Bonchev–Trinajstić information content (AvgIpc) is 3.39. The molecule has 0 bridgehead atoms. The number of aromatic nitrogens is 4. The van der Waals surface area contributed by atoms with Crippen molar-refractivity contribution in [1.29, 1.82) is 0 Å². The summed E-state index contributed by atoms with van der Waals surface area (Å²) in [4.78, 5) is 12.7. The first-order valence-electron chi connectivity index (χ1n) is 14.5. The van der Waals surface area contributed by atoms with Crippen molar-refractivity contribution in [1.82, 2.24) is 29.5 Å². The van der Waals surface area contributed by atoms with E-state index in [1.165, 1.54) is 30.6 Å². The largest absolute Gasteiger partial charge is 0.573 e. The molecule has 1 aliphatic heterocycles. The van der Waals surface area contributed by atoms with E-state index >= 15 is 4.39 Å². The first-order chi connectivity index (χ1) is 21.4. The number of nitrogens with one attached hydrogen (secondary N) is 1. The maximum atomic E-state index is 15.4. The number of fused-ring (bicyclic) bond motifs is 1. The number of ether oxygens (including phenoxy) is 1. The van der Waals surface area contributed by atoms with Crippen molar-refractivity contribution in [3.8, 4) is 17.0 Å². The number of sulfonamides is 1. The van der Waals surface area contributed by atoms with E-state index in [9.17, 15) is 21.6 Å². The average molecular weight is 649 g/mol. The minimum absolute atomic E-state index is 0.0502. The topological polar surface area (TPSA) is 132 Å². The molecule has 0 spiro atoms. The molecule has 0 atom stereocenters. The molecule has 16 heteroatoms. The number of nitrogens with two attached hydrogens (primary N) is 1. The standard InChI is InChI=1S/C29H32F4N8O3S/c1-39-12-14-40(15-13-39)19-7-9-20(10-8-19)41-28-25(27(34)35-17-36-28)26(37-41)18-6-11-22(21(30)16-18)38-45(42,43)24-5-3-2-4-23(24)44-29(31,32)33/h2-6,11,16-17,19-20,38H,7-10,12-15H2,1H3,(H2,34,35,36). The van der Waals surface area contributed by atoms with Gasteiger partial charge < -0.3 is 15.4 Å². The maximum absolute atomic E-state index is 15.4. The van der Waals surface area contributed by atoms with Crippen LogP contribution in [-0.4, -0.2) is 83.6 Å². The molecule has 2 aliphatic rings. The molecule has 1 saturated carbocycles. The molecular formula is C29H32F4N8O3S. The summed E-state index contributed by atoms with van der Waals surface area (Å²) in [5.74, 6) is -1.76. The van der Waals surface area contributed by atoms with Crippen LogP contribution in [0.1, 0.15) is 31.7 Å². The zero-order valence-electron chi connectivity index (χ0n) is 24.3. The molecule has 11 nitrogen and oxygen atoms in total. The van der Waals surface area contributed by atoms with Crippen LogP contribution in [0.15, 0.2) is 53.7 Å². The van der Waals surface area contributed by atoms with Crippen molar-refractivity contribution in [3.63, 3.8) is 0 Å². The fourth-order valence-electron chi connectivity index (χ4n) is 6.13. The highest BCUT2D eigenvalue weighted by Crippen LogP contribution is 2.38. The predicted octanol–water partition coefficient (Wildman–Crippen LogP) is 4.65. The zero-order valence-corrected chi connectivity index (χ0v) is 25.2. The van der Waals surface area contributed by atoms with Gasteiger partial charge >= 0.3 is 6.36 Å². The van der Waals surface area contributed by atoms with Crippen molar-refractivity contribution < 1.29 is 30.7 Å². The number of nitrogen functional groups attached to an aromatic ring is 1. The van der Waals surface area contributed by atoms with Gasteiger partial charge in [-0.25, -0.2) is 27.5 Å². The first-order valence-corrected chi connectivity index (χ1v) is 16.0. The lowest BCUT2D eigenvalue weighted by molar-refractivity contribution is -0.275. The van der Waals surface area contributed by atoms with E-state index in [4.69, 9.17) is 10.8 Å². The summed E-state index contributed by atoms with van der Waals surface area (Å²) in [6, 6.07) is 8.45. The van der Waals surface area contributed by atoms with Gasteiger partial charge in [0, 0.05) is 37.8 Å². The number of benzene rings is 2. The fraction of sp³-hybridized carbons (Fsp3) is 0.414. The van der Waals surface area contributed by atoms with Crippen molar-refractivity contribution >= 4 is 32.6 Å². The highest BCUT2D eigenvalue weighted by Gasteiger charge is 2.34. The normalized spacial score (nSPS) is 20.4. The number of rotatable bonds is 7. The van der Waals surface area contributed by atoms with Crippen LogP contribution in [0.3, 0.4) is 0 Å². The van der Waals surface area contributed by atoms with E-state index in [0.717, 1.165) is 70.1 Å². The third-order valence-corrected chi connectivity index (χ3v) is 9.84. The van der Waals surface area contributed by atoms with Crippen LogP contribution in [0.4, 0.5) is 29.1 Å². The Morgan fingerprint density at radius 3 is 2.36 bits per heavy atom. The second-order valence-corrected chi connectivity index (χ2v) is 13.0. The first kappa shape index (κ1) is 31.0. The molecule has 1 aliphatic carbocycles. The quantitative estimate of drug-likeness (QED) is 0.275. The second-order valence-electron chi connectivity index (χ2n) is 11.3. The minimum atomic E-state index is -5.12. The van der Waals surface area contributed by atoms with E-state index in [-0.39, 0.29) is 11.9 Å². The molecule has 0 radical (unpaired) electrons. The molecule has 2 aromatic carbocycles. The third-order valence-electron chi connectivity index (χ3n) is 8.44. The predicted molar refractivity (Wildman–Crippen MR) is 159 cm³/mol. The van der Waals surface area contributed by atoms with Crippen LogP contribution in [0.5, 0.6) is 5.75 Å². The van der Waals surface area contributed by atoms with E-state index in [1.807, 2.05) is 9.40 Å². The molecule has 2 fully saturated rings. The molecule has 0 unspecified atom stereocenters.